The molecule has 0 aliphatic rings. The molecule has 2 heterocycles. The van der Waals surface area contributed by atoms with Crippen LogP contribution in [0.5, 0.6) is 11.5 Å². The minimum Gasteiger partial charge on any atom is -0.493 e. The number of H-pyrrole nitrogens is 1. The van der Waals surface area contributed by atoms with Crippen molar-refractivity contribution in [1.29, 1.82) is 0 Å². The van der Waals surface area contributed by atoms with E-state index in [-0.39, 0.29) is 24.0 Å². The number of methoxy groups -OCH3 is 2. The molecule has 0 spiro atoms. The third-order valence-corrected chi connectivity index (χ3v) is 3.57. The number of aromatic amines is 1. The lowest BCUT2D eigenvalue weighted by Gasteiger charge is -2.13. The van der Waals surface area contributed by atoms with Gasteiger partial charge in [-0.3, -0.25) is 10.1 Å². The first-order valence-electron chi connectivity index (χ1n) is 7.88. The number of aliphatic imine (C=N–C) groups is 1. The molecule has 0 unspecified atom stereocenters. The van der Waals surface area contributed by atoms with Gasteiger partial charge in [-0.1, -0.05) is 0 Å². The van der Waals surface area contributed by atoms with Crippen LogP contribution in [-0.4, -0.2) is 42.4 Å². The Hall–Kier alpha value is -2.76. The third kappa shape index (κ3) is 5.12. The Morgan fingerprint density at radius 2 is 2.04 bits per heavy atom. The summed E-state index contributed by atoms with van der Waals surface area (Å²) in [6.45, 7) is 0.417. The number of furan rings is 1. The number of anilines is 1. The van der Waals surface area contributed by atoms with Crippen LogP contribution in [0.4, 0.5) is 5.69 Å². The fraction of sp³-hybridized carbons (Fsp3) is 0.235. The van der Waals surface area contributed by atoms with Crippen LogP contribution in [0.15, 0.2) is 46.0 Å². The van der Waals surface area contributed by atoms with Crippen LogP contribution in [-0.2, 0) is 6.54 Å². The largest absolute Gasteiger partial charge is 0.493 e. The fourth-order valence-electron chi connectivity index (χ4n) is 2.29. The predicted octanol–water partition coefficient (Wildman–Crippen LogP) is 2.89. The van der Waals surface area contributed by atoms with Gasteiger partial charge in [0, 0.05) is 18.8 Å². The van der Waals surface area contributed by atoms with Gasteiger partial charge in [-0.15, -0.1) is 29.1 Å². The van der Waals surface area contributed by atoms with E-state index in [1.807, 2.05) is 18.2 Å². The summed E-state index contributed by atoms with van der Waals surface area (Å²) >= 11 is 0. The number of hydrogen-bond donors (Lipinski definition) is 3. The first kappa shape index (κ1) is 20.6. The Labute approximate surface area is 173 Å². The summed E-state index contributed by atoms with van der Waals surface area (Å²) < 4.78 is 15.8. The molecule has 0 aliphatic heterocycles. The quantitative estimate of drug-likeness (QED) is 0.281. The predicted molar refractivity (Wildman–Crippen MR) is 113 cm³/mol. The van der Waals surface area contributed by atoms with Crippen molar-refractivity contribution < 1.29 is 13.9 Å². The maximum Gasteiger partial charge on any atom is 0.216 e. The fourth-order valence-corrected chi connectivity index (χ4v) is 2.29. The molecule has 0 amide bonds. The van der Waals surface area contributed by atoms with Gasteiger partial charge in [-0.2, -0.15) is 0 Å². The lowest BCUT2D eigenvalue weighted by Crippen LogP contribution is -2.30. The molecule has 2 aromatic heterocycles. The number of guanidine groups is 1. The van der Waals surface area contributed by atoms with E-state index in [0.29, 0.717) is 41.4 Å². The molecular formula is C17H21IN6O3. The van der Waals surface area contributed by atoms with E-state index in [1.165, 1.54) is 0 Å². The van der Waals surface area contributed by atoms with Gasteiger partial charge in [0.15, 0.2) is 23.2 Å². The van der Waals surface area contributed by atoms with Gasteiger partial charge in [0.2, 0.25) is 5.82 Å². The van der Waals surface area contributed by atoms with Crippen molar-refractivity contribution in [2.45, 2.75) is 6.54 Å². The summed E-state index contributed by atoms with van der Waals surface area (Å²) in [4.78, 5) is 8.57. The molecule has 0 saturated heterocycles. The van der Waals surface area contributed by atoms with E-state index in [0.717, 1.165) is 5.69 Å². The van der Waals surface area contributed by atoms with Crippen LogP contribution >= 0.6 is 24.0 Å². The van der Waals surface area contributed by atoms with Gasteiger partial charge in [-0.05, 0) is 24.3 Å². The second-order valence-corrected chi connectivity index (χ2v) is 5.20. The number of hydrogen-bond acceptors (Lipinski definition) is 6. The highest BCUT2D eigenvalue weighted by Gasteiger charge is 2.09. The monoisotopic (exact) mass is 484 g/mol. The summed E-state index contributed by atoms with van der Waals surface area (Å²) in [5, 5.41) is 13.3. The zero-order chi connectivity index (χ0) is 18.4. The van der Waals surface area contributed by atoms with E-state index >= 15 is 0 Å². The molecule has 144 valence electrons. The Morgan fingerprint density at radius 3 is 2.70 bits per heavy atom. The van der Waals surface area contributed by atoms with Crippen molar-refractivity contribution in [3.8, 4) is 23.1 Å². The van der Waals surface area contributed by atoms with Crippen LogP contribution in [0.2, 0.25) is 0 Å². The van der Waals surface area contributed by atoms with Crippen LogP contribution in [0.3, 0.4) is 0 Å². The molecule has 10 heteroatoms. The Bertz CT molecular complexity index is 879. The number of nitrogens with zero attached hydrogens (tertiary/aromatic N) is 3. The summed E-state index contributed by atoms with van der Waals surface area (Å²) in [7, 11) is 4.87. The van der Waals surface area contributed by atoms with E-state index < -0.39 is 0 Å². The van der Waals surface area contributed by atoms with Crippen LogP contribution < -0.4 is 20.1 Å². The Kier molecular flexibility index (Phi) is 7.46. The van der Waals surface area contributed by atoms with Gasteiger partial charge in [0.1, 0.15) is 5.82 Å². The van der Waals surface area contributed by atoms with Crippen LogP contribution in [0.25, 0.3) is 11.6 Å². The lowest BCUT2D eigenvalue weighted by molar-refractivity contribution is 0.355. The van der Waals surface area contributed by atoms with E-state index in [2.05, 4.69) is 30.8 Å². The van der Waals surface area contributed by atoms with Crippen molar-refractivity contribution in [1.82, 2.24) is 20.5 Å². The minimum absolute atomic E-state index is 0. The number of nitrogens with one attached hydrogen (secondary N) is 3. The topological polar surface area (TPSA) is 110 Å². The zero-order valence-corrected chi connectivity index (χ0v) is 17.5. The normalized spacial score (nSPS) is 10.9. The maximum atomic E-state index is 5.30. The first-order valence-corrected chi connectivity index (χ1v) is 7.88. The zero-order valence-electron chi connectivity index (χ0n) is 15.1. The van der Waals surface area contributed by atoms with Crippen LogP contribution in [0, 0.1) is 0 Å². The molecule has 27 heavy (non-hydrogen) atoms. The van der Waals surface area contributed by atoms with Crippen molar-refractivity contribution in [3.63, 3.8) is 0 Å². The van der Waals surface area contributed by atoms with E-state index in [4.69, 9.17) is 13.9 Å². The minimum atomic E-state index is 0. The Morgan fingerprint density at radius 1 is 1.22 bits per heavy atom. The summed E-state index contributed by atoms with van der Waals surface area (Å²) in [5.41, 5.74) is 0.810. The molecule has 3 aromatic rings. The molecule has 9 nitrogen and oxygen atoms in total. The molecule has 0 atom stereocenters. The molecule has 0 bridgehead atoms. The van der Waals surface area contributed by atoms with Crippen LogP contribution in [0.1, 0.15) is 5.82 Å². The summed E-state index contributed by atoms with van der Waals surface area (Å²) in [5.74, 6) is 3.65. The number of halogens is 1. The highest BCUT2D eigenvalue weighted by atomic mass is 127. The highest BCUT2D eigenvalue weighted by Crippen LogP contribution is 2.29. The standard InChI is InChI=1S/C17H20N6O3.HI/c1-18-17(20-11-6-7-12(24-2)14(9-11)25-3)19-10-15-21-16(23-22-15)13-5-4-8-26-13;/h4-9H,10H2,1-3H3,(H2,18,19,20)(H,21,22,23);1H. The molecule has 1 aromatic carbocycles. The maximum absolute atomic E-state index is 5.30. The SMILES string of the molecule is CN=C(NCc1nc(-c2ccco2)n[nH]1)Nc1ccc(OC)c(OC)c1.I. The second kappa shape index (κ2) is 9.80. The lowest BCUT2D eigenvalue weighted by atomic mass is 10.3. The van der Waals surface area contributed by atoms with E-state index in [9.17, 15) is 0 Å². The average Bonchev–Trinajstić information content (AvgIpc) is 3.36. The average molecular weight is 484 g/mol. The molecule has 0 aliphatic carbocycles. The second-order valence-electron chi connectivity index (χ2n) is 5.20. The van der Waals surface area contributed by atoms with Crippen molar-refractivity contribution in [3.05, 3.63) is 42.4 Å². The number of rotatable bonds is 6. The number of ether oxygens (including phenoxy) is 2. The van der Waals surface area contributed by atoms with Gasteiger partial charge < -0.3 is 24.5 Å². The third-order valence-electron chi connectivity index (χ3n) is 3.57. The van der Waals surface area contributed by atoms with Crippen molar-refractivity contribution in [2.75, 3.05) is 26.6 Å². The van der Waals surface area contributed by atoms with Gasteiger partial charge in [0.05, 0.1) is 27.0 Å². The van der Waals surface area contributed by atoms with Crippen molar-refractivity contribution >= 4 is 35.6 Å². The highest BCUT2D eigenvalue weighted by molar-refractivity contribution is 14.0. The number of benzene rings is 1. The first-order chi connectivity index (χ1) is 12.7. The molecule has 0 saturated carbocycles. The molecule has 3 rings (SSSR count). The summed E-state index contributed by atoms with van der Waals surface area (Å²) in [6.07, 6.45) is 1.58. The molecular weight excluding hydrogens is 463 g/mol. The smallest absolute Gasteiger partial charge is 0.216 e. The van der Waals surface area contributed by atoms with E-state index in [1.54, 1.807) is 39.7 Å². The van der Waals surface area contributed by atoms with Gasteiger partial charge >= 0.3 is 0 Å². The van der Waals surface area contributed by atoms with Gasteiger partial charge in [0.25, 0.3) is 0 Å². The number of aromatic nitrogens is 3. The van der Waals surface area contributed by atoms with Crippen molar-refractivity contribution in [2.24, 2.45) is 4.99 Å². The molecule has 0 fully saturated rings. The Balaban J connectivity index is 0.00000261. The van der Waals surface area contributed by atoms with Gasteiger partial charge in [-0.25, -0.2) is 4.98 Å². The molecule has 0 radical (unpaired) electrons. The summed E-state index contributed by atoms with van der Waals surface area (Å²) in [6, 6.07) is 9.11. The molecule has 3 N–H and O–H groups in total.